The Morgan fingerprint density at radius 1 is 1.29 bits per heavy atom. The van der Waals surface area contributed by atoms with E-state index in [9.17, 15) is 14.9 Å². The predicted molar refractivity (Wildman–Crippen MR) is 130 cm³/mol. The van der Waals surface area contributed by atoms with E-state index in [4.69, 9.17) is 10.00 Å². The number of benzene rings is 1. The highest BCUT2D eigenvalue weighted by atomic mass is 16.6. The number of amides is 2. The lowest BCUT2D eigenvalue weighted by Gasteiger charge is -2.38. The van der Waals surface area contributed by atoms with Crippen LogP contribution in [-0.4, -0.2) is 71.2 Å². The number of hydrogen-bond acceptors (Lipinski definition) is 7. The zero-order valence-corrected chi connectivity index (χ0v) is 20.5. The minimum atomic E-state index is -0.650. The molecule has 3 unspecified atom stereocenters. The molecule has 9 nitrogen and oxygen atoms in total. The second-order valence-corrected chi connectivity index (χ2v) is 10.4. The van der Waals surface area contributed by atoms with Gasteiger partial charge in [-0.2, -0.15) is 10.5 Å². The minimum absolute atomic E-state index is 0.0173. The van der Waals surface area contributed by atoms with Gasteiger partial charge in [0.1, 0.15) is 11.6 Å². The fraction of sp³-hybridized carbons (Fsp3) is 0.538. The molecule has 3 heterocycles. The molecule has 1 N–H and O–H groups in total. The molecule has 4 atom stereocenters. The molecule has 3 fully saturated rings. The Morgan fingerprint density at radius 2 is 2.00 bits per heavy atom. The Bertz CT molecular complexity index is 1080. The molecule has 0 spiro atoms. The molecule has 0 radical (unpaired) electrons. The Labute approximate surface area is 206 Å². The number of nitriles is 2. The molecule has 2 bridgehead atoms. The van der Waals surface area contributed by atoms with Crippen molar-refractivity contribution in [1.82, 2.24) is 15.1 Å². The minimum Gasteiger partial charge on any atom is -0.444 e. The van der Waals surface area contributed by atoms with Gasteiger partial charge in [0.05, 0.1) is 35.8 Å². The summed E-state index contributed by atoms with van der Waals surface area (Å²) in [6.45, 7) is 11.4. The monoisotopic (exact) mass is 476 g/mol. The van der Waals surface area contributed by atoms with Crippen molar-refractivity contribution < 1.29 is 14.3 Å². The molecule has 0 aliphatic carbocycles. The standard InChI is InChI=1S/C26H32N6O3/c1-17(31-11-5-6-20(31)14-28)22(29-25(34)35-26(2,3)4)16-30-15-21-12-23(30)24(33)32(21)19-9-7-18(13-27)8-10-19/h7-10,20-23H,1,5-6,11-12,15-16H2,2-4H3,(H,29,34)/t20?,21-,22?,23?/m0/s1. The summed E-state index contributed by atoms with van der Waals surface area (Å²) in [5, 5.41) is 21.5. The molecule has 1 aromatic carbocycles. The summed E-state index contributed by atoms with van der Waals surface area (Å²) in [5.74, 6) is 0.0173. The number of anilines is 1. The van der Waals surface area contributed by atoms with Crippen molar-refractivity contribution in [3.05, 3.63) is 42.1 Å². The number of nitrogens with one attached hydrogen (secondary N) is 1. The summed E-state index contributed by atoms with van der Waals surface area (Å²) in [5.41, 5.74) is 1.37. The van der Waals surface area contributed by atoms with E-state index in [1.807, 2.05) is 21.9 Å². The Morgan fingerprint density at radius 3 is 2.60 bits per heavy atom. The third kappa shape index (κ3) is 5.11. The highest BCUT2D eigenvalue weighted by Crippen LogP contribution is 2.36. The lowest BCUT2D eigenvalue weighted by Crippen LogP contribution is -2.56. The highest BCUT2D eigenvalue weighted by molar-refractivity contribution is 6.01. The largest absolute Gasteiger partial charge is 0.444 e. The van der Waals surface area contributed by atoms with Crippen molar-refractivity contribution in [2.24, 2.45) is 0 Å². The van der Waals surface area contributed by atoms with Crippen LogP contribution in [0, 0.1) is 22.7 Å². The predicted octanol–water partition coefficient (Wildman–Crippen LogP) is 2.74. The van der Waals surface area contributed by atoms with Crippen LogP contribution in [-0.2, 0) is 9.53 Å². The number of carbonyl (C=O) groups excluding carboxylic acids is 2. The highest BCUT2D eigenvalue weighted by Gasteiger charge is 2.50. The van der Waals surface area contributed by atoms with E-state index in [0.29, 0.717) is 37.3 Å². The van der Waals surface area contributed by atoms with Crippen LogP contribution in [0.15, 0.2) is 36.5 Å². The molecule has 3 aliphatic heterocycles. The van der Waals surface area contributed by atoms with Gasteiger partial charge < -0.3 is 19.9 Å². The second kappa shape index (κ2) is 9.59. The summed E-state index contributed by atoms with van der Waals surface area (Å²) in [6.07, 6.45) is 1.81. The quantitative estimate of drug-likeness (QED) is 0.672. The van der Waals surface area contributed by atoms with Gasteiger partial charge in [-0.05, 0) is 64.3 Å². The maximum Gasteiger partial charge on any atom is 0.408 e. The Kier molecular flexibility index (Phi) is 6.73. The number of alkyl carbamates (subject to hydrolysis) is 1. The van der Waals surface area contributed by atoms with Gasteiger partial charge in [0, 0.05) is 31.0 Å². The normalized spacial score (nSPS) is 24.7. The molecule has 0 aromatic heterocycles. The first-order valence-electron chi connectivity index (χ1n) is 12.0. The molecule has 3 saturated heterocycles. The number of nitrogens with zero attached hydrogens (tertiary/aromatic N) is 5. The molecule has 2 amide bonds. The van der Waals surface area contributed by atoms with Gasteiger partial charge in [-0.15, -0.1) is 0 Å². The third-order valence-corrected chi connectivity index (χ3v) is 6.82. The number of likely N-dealkylation sites (tertiary alicyclic amines) is 2. The van der Waals surface area contributed by atoms with Gasteiger partial charge >= 0.3 is 6.09 Å². The number of fused-ring (bicyclic) bond motifs is 2. The van der Waals surface area contributed by atoms with Gasteiger partial charge in [0.15, 0.2) is 0 Å². The first-order chi connectivity index (χ1) is 16.6. The van der Waals surface area contributed by atoms with Gasteiger partial charge in [0.25, 0.3) is 0 Å². The first kappa shape index (κ1) is 24.6. The SMILES string of the molecule is C=C(C(CN1C[C@@H]2CC1C(=O)N2c1ccc(C#N)cc1)NC(=O)OC(C)(C)C)N1CCCC1C#N. The van der Waals surface area contributed by atoms with Crippen molar-refractivity contribution >= 4 is 17.7 Å². The van der Waals surface area contributed by atoms with E-state index < -0.39 is 17.7 Å². The lowest BCUT2D eigenvalue weighted by molar-refractivity contribution is -0.122. The van der Waals surface area contributed by atoms with Crippen molar-refractivity contribution in [2.45, 2.75) is 69.8 Å². The second-order valence-electron chi connectivity index (χ2n) is 10.4. The van der Waals surface area contributed by atoms with E-state index in [0.717, 1.165) is 18.5 Å². The zero-order chi connectivity index (χ0) is 25.3. The summed E-state index contributed by atoms with van der Waals surface area (Å²) in [7, 11) is 0. The molecule has 3 aliphatic rings. The van der Waals surface area contributed by atoms with Crippen molar-refractivity contribution in [1.29, 1.82) is 10.5 Å². The summed E-state index contributed by atoms with van der Waals surface area (Å²) < 4.78 is 5.48. The maximum atomic E-state index is 13.3. The van der Waals surface area contributed by atoms with Gasteiger partial charge in [-0.25, -0.2) is 4.79 Å². The van der Waals surface area contributed by atoms with E-state index in [1.54, 1.807) is 32.9 Å². The number of hydrogen-bond donors (Lipinski definition) is 1. The number of rotatable bonds is 6. The summed E-state index contributed by atoms with van der Waals surface area (Å²) >= 11 is 0. The molecule has 9 heteroatoms. The number of carbonyl (C=O) groups is 2. The van der Waals surface area contributed by atoms with Crippen molar-refractivity contribution in [3.63, 3.8) is 0 Å². The van der Waals surface area contributed by atoms with Crippen LogP contribution in [0.3, 0.4) is 0 Å². The average molecular weight is 477 g/mol. The molecule has 0 saturated carbocycles. The molecular weight excluding hydrogens is 444 g/mol. The Hall–Kier alpha value is -3.56. The van der Waals surface area contributed by atoms with Gasteiger partial charge in [-0.3, -0.25) is 9.69 Å². The molecule has 4 rings (SSSR count). The van der Waals surface area contributed by atoms with E-state index in [-0.39, 0.29) is 24.0 Å². The smallest absolute Gasteiger partial charge is 0.408 e. The van der Waals surface area contributed by atoms with E-state index >= 15 is 0 Å². The van der Waals surface area contributed by atoms with Gasteiger partial charge in [-0.1, -0.05) is 6.58 Å². The zero-order valence-electron chi connectivity index (χ0n) is 20.5. The maximum absolute atomic E-state index is 13.3. The van der Waals surface area contributed by atoms with Crippen LogP contribution in [0.1, 0.15) is 45.6 Å². The molecule has 1 aromatic rings. The molecule has 35 heavy (non-hydrogen) atoms. The fourth-order valence-electron chi connectivity index (χ4n) is 5.26. The summed E-state index contributed by atoms with van der Waals surface area (Å²) in [4.78, 5) is 31.8. The van der Waals surface area contributed by atoms with Crippen LogP contribution in [0.2, 0.25) is 0 Å². The van der Waals surface area contributed by atoms with Crippen molar-refractivity contribution in [3.8, 4) is 12.1 Å². The lowest BCUT2D eigenvalue weighted by atomic mass is 10.1. The third-order valence-electron chi connectivity index (χ3n) is 6.82. The Balaban J connectivity index is 1.49. The average Bonchev–Trinajstić information content (AvgIpc) is 3.51. The topological polar surface area (TPSA) is 113 Å². The van der Waals surface area contributed by atoms with Crippen molar-refractivity contribution in [2.75, 3.05) is 24.5 Å². The van der Waals surface area contributed by atoms with Gasteiger partial charge in [0.2, 0.25) is 5.91 Å². The molecule has 184 valence electrons. The van der Waals surface area contributed by atoms with Crippen LogP contribution in [0.5, 0.6) is 0 Å². The fourth-order valence-corrected chi connectivity index (χ4v) is 5.26. The van der Waals surface area contributed by atoms with Crippen LogP contribution in [0.25, 0.3) is 0 Å². The number of ether oxygens (including phenoxy) is 1. The first-order valence-corrected chi connectivity index (χ1v) is 12.0. The van der Waals surface area contributed by atoms with Crippen LogP contribution >= 0.6 is 0 Å². The van der Waals surface area contributed by atoms with Crippen LogP contribution in [0.4, 0.5) is 10.5 Å². The van der Waals surface area contributed by atoms with E-state index in [2.05, 4.69) is 28.9 Å². The van der Waals surface area contributed by atoms with E-state index in [1.165, 1.54) is 0 Å². The van der Waals surface area contributed by atoms with Crippen LogP contribution < -0.4 is 10.2 Å². The molecular formula is C26H32N6O3. The summed E-state index contributed by atoms with van der Waals surface area (Å²) in [6, 6.07) is 10.5. The number of piperazine rings is 1.